The number of carbonyl (C=O) groups excluding carboxylic acids is 1. The van der Waals surface area contributed by atoms with Crippen molar-refractivity contribution in [3.63, 3.8) is 0 Å². The van der Waals surface area contributed by atoms with Crippen LogP contribution in [0.1, 0.15) is 34.6 Å². The monoisotopic (exact) mass is 315 g/mol. The largest absolute Gasteiger partial charge is 0.384 e. The van der Waals surface area contributed by atoms with Crippen molar-refractivity contribution in [2.45, 2.75) is 19.6 Å². The molecule has 0 fully saturated rings. The molecule has 5 heteroatoms. The zero-order valence-electron chi connectivity index (χ0n) is 13.3. The summed E-state index contributed by atoms with van der Waals surface area (Å²) in [6, 6.07) is 13.8. The molecular weight excluding hydrogens is 294 g/mol. The summed E-state index contributed by atoms with van der Waals surface area (Å²) >= 11 is 0. The van der Waals surface area contributed by atoms with Crippen LogP contribution in [0.2, 0.25) is 0 Å². The molecule has 2 N–H and O–H groups in total. The van der Waals surface area contributed by atoms with E-state index in [1.54, 1.807) is 43.5 Å². The number of hydroxylamine groups is 1. The fourth-order valence-electron chi connectivity index (χ4n) is 2.35. The smallest absolute Gasteiger partial charge is 0.177 e. The fraction of sp³-hybridized carbons (Fsp3) is 0.278. The van der Waals surface area contributed by atoms with Gasteiger partial charge in [-0.2, -0.15) is 0 Å². The van der Waals surface area contributed by atoms with Crippen molar-refractivity contribution in [1.82, 2.24) is 0 Å². The highest BCUT2D eigenvalue weighted by molar-refractivity contribution is 5.95. The summed E-state index contributed by atoms with van der Waals surface area (Å²) < 4.78 is 5.02. The lowest BCUT2D eigenvalue weighted by atomic mass is 10.0. The van der Waals surface area contributed by atoms with Crippen LogP contribution in [0.4, 0.5) is 5.69 Å². The van der Waals surface area contributed by atoms with Gasteiger partial charge in [-0.1, -0.05) is 36.4 Å². The van der Waals surface area contributed by atoms with E-state index in [9.17, 15) is 15.1 Å². The first-order valence-electron chi connectivity index (χ1n) is 7.38. The first kappa shape index (κ1) is 17.1. The van der Waals surface area contributed by atoms with E-state index in [1.165, 1.54) is 6.92 Å². The van der Waals surface area contributed by atoms with Crippen molar-refractivity contribution in [1.29, 1.82) is 0 Å². The third-order valence-corrected chi connectivity index (χ3v) is 3.65. The standard InChI is InChI=1S/C18H21NO4/c1-13(20)16-5-3-4-6-17(16)18(21)19(22)15-9-7-14(8-10-15)11-12-23-2/h3-10,18,21-22H,11-12H2,1-2H3. The van der Waals surface area contributed by atoms with Crippen LogP contribution in [0.5, 0.6) is 0 Å². The number of anilines is 1. The fourth-order valence-corrected chi connectivity index (χ4v) is 2.35. The van der Waals surface area contributed by atoms with Crippen LogP contribution in [0.15, 0.2) is 48.5 Å². The number of nitrogens with zero attached hydrogens (tertiary/aromatic N) is 1. The van der Waals surface area contributed by atoms with E-state index in [1.807, 2.05) is 12.1 Å². The third-order valence-electron chi connectivity index (χ3n) is 3.65. The Morgan fingerprint density at radius 1 is 1.17 bits per heavy atom. The molecule has 2 aromatic carbocycles. The number of aliphatic hydroxyl groups is 1. The normalized spacial score (nSPS) is 12.0. The second-order valence-corrected chi connectivity index (χ2v) is 5.27. The molecule has 1 atom stereocenters. The third kappa shape index (κ3) is 4.16. The Labute approximate surface area is 135 Å². The Bertz CT molecular complexity index is 654. The van der Waals surface area contributed by atoms with E-state index in [0.29, 0.717) is 23.4 Å². The number of Topliss-reactive ketones (excluding diaryl/α,β-unsaturated/α-hetero) is 1. The summed E-state index contributed by atoms with van der Waals surface area (Å²) in [5.41, 5.74) is 2.27. The van der Waals surface area contributed by atoms with Crippen LogP contribution in [0.3, 0.4) is 0 Å². The van der Waals surface area contributed by atoms with Crippen molar-refractivity contribution in [3.8, 4) is 0 Å². The molecule has 0 spiro atoms. The van der Waals surface area contributed by atoms with Gasteiger partial charge in [0.05, 0.1) is 12.3 Å². The maximum Gasteiger partial charge on any atom is 0.177 e. The van der Waals surface area contributed by atoms with E-state index in [2.05, 4.69) is 0 Å². The maximum absolute atomic E-state index is 11.7. The van der Waals surface area contributed by atoms with Crippen molar-refractivity contribution in [3.05, 3.63) is 65.2 Å². The number of ether oxygens (including phenoxy) is 1. The number of ketones is 1. The van der Waals surface area contributed by atoms with Gasteiger partial charge in [-0.3, -0.25) is 10.0 Å². The molecule has 2 rings (SSSR count). The lowest BCUT2D eigenvalue weighted by Crippen LogP contribution is -2.26. The molecule has 0 saturated heterocycles. The molecule has 0 amide bonds. The lowest BCUT2D eigenvalue weighted by molar-refractivity contribution is 0.0646. The van der Waals surface area contributed by atoms with Crippen molar-refractivity contribution < 1.29 is 19.8 Å². The first-order valence-corrected chi connectivity index (χ1v) is 7.38. The molecule has 23 heavy (non-hydrogen) atoms. The number of rotatable bonds is 7. The average molecular weight is 315 g/mol. The minimum absolute atomic E-state index is 0.164. The number of carbonyl (C=O) groups is 1. The van der Waals surface area contributed by atoms with Gasteiger partial charge in [-0.05, 0) is 31.0 Å². The van der Waals surface area contributed by atoms with Gasteiger partial charge in [0.15, 0.2) is 12.0 Å². The Hall–Kier alpha value is -2.21. The van der Waals surface area contributed by atoms with Crippen LogP contribution < -0.4 is 5.06 Å². The van der Waals surface area contributed by atoms with Crippen molar-refractivity contribution in [2.24, 2.45) is 0 Å². The summed E-state index contributed by atoms with van der Waals surface area (Å²) in [5.74, 6) is -0.164. The Morgan fingerprint density at radius 2 is 1.83 bits per heavy atom. The van der Waals surface area contributed by atoms with E-state index in [0.717, 1.165) is 17.0 Å². The zero-order chi connectivity index (χ0) is 16.8. The number of hydrogen-bond donors (Lipinski definition) is 2. The predicted octanol–water partition coefficient (Wildman–Crippen LogP) is 2.96. The number of hydrogen-bond acceptors (Lipinski definition) is 5. The molecular formula is C18H21NO4. The van der Waals surface area contributed by atoms with Gasteiger partial charge >= 0.3 is 0 Å². The van der Waals surface area contributed by atoms with Crippen molar-refractivity contribution >= 4 is 11.5 Å². The summed E-state index contributed by atoms with van der Waals surface area (Å²) in [6.07, 6.45) is -0.544. The average Bonchev–Trinajstić information content (AvgIpc) is 2.59. The highest BCUT2D eigenvalue weighted by Crippen LogP contribution is 2.26. The van der Waals surface area contributed by atoms with Crippen LogP contribution in [0, 0.1) is 0 Å². The van der Waals surface area contributed by atoms with Gasteiger partial charge in [0.2, 0.25) is 0 Å². The highest BCUT2D eigenvalue weighted by Gasteiger charge is 2.20. The van der Waals surface area contributed by atoms with Gasteiger partial charge < -0.3 is 9.84 Å². The molecule has 1 unspecified atom stereocenters. The SMILES string of the molecule is COCCc1ccc(N(O)C(O)c2ccccc2C(C)=O)cc1. The zero-order valence-corrected chi connectivity index (χ0v) is 13.3. The molecule has 0 aliphatic heterocycles. The number of aliphatic hydroxyl groups excluding tert-OH is 1. The molecule has 0 bridgehead atoms. The van der Waals surface area contributed by atoms with E-state index in [-0.39, 0.29) is 5.78 Å². The summed E-state index contributed by atoms with van der Waals surface area (Å²) in [5, 5.41) is 21.4. The van der Waals surface area contributed by atoms with Gasteiger partial charge in [0, 0.05) is 18.2 Å². The van der Waals surface area contributed by atoms with Gasteiger partial charge in [0.25, 0.3) is 0 Å². The highest BCUT2D eigenvalue weighted by atomic mass is 16.5. The van der Waals surface area contributed by atoms with Crippen molar-refractivity contribution in [2.75, 3.05) is 18.8 Å². The molecule has 2 aromatic rings. The first-order chi connectivity index (χ1) is 11.0. The Kier molecular flexibility index (Phi) is 5.87. The van der Waals surface area contributed by atoms with E-state index in [4.69, 9.17) is 4.74 Å². The van der Waals surface area contributed by atoms with Gasteiger partial charge in [-0.15, -0.1) is 0 Å². The topological polar surface area (TPSA) is 70.0 Å². The van der Waals surface area contributed by atoms with Gasteiger partial charge in [0.1, 0.15) is 0 Å². The van der Waals surface area contributed by atoms with Crippen LogP contribution in [0.25, 0.3) is 0 Å². The molecule has 0 aliphatic rings. The lowest BCUT2D eigenvalue weighted by Gasteiger charge is -2.25. The molecule has 5 nitrogen and oxygen atoms in total. The molecule has 0 aliphatic carbocycles. The summed E-state index contributed by atoms with van der Waals surface area (Å²) in [4.78, 5) is 11.7. The second kappa shape index (κ2) is 7.87. The number of methoxy groups -OCH3 is 1. The molecule has 122 valence electrons. The summed E-state index contributed by atoms with van der Waals surface area (Å²) in [7, 11) is 1.65. The van der Waals surface area contributed by atoms with E-state index < -0.39 is 6.23 Å². The minimum Gasteiger partial charge on any atom is -0.384 e. The second-order valence-electron chi connectivity index (χ2n) is 5.27. The maximum atomic E-state index is 11.7. The molecule has 0 saturated carbocycles. The number of benzene rings is 2. The Morgan fingerprint density at radius 3 is 2.43 bits per heavy atom. The van der Waals surface area contributed by atoms with Gasteiger partial charge in [-0.25, -0.2) is 5.06 Å². The quantitative estimate of drug-likeness (QED) is 0.467. The molecule has 0 heterocycles. The van der Waals surface area contributed by atoms with E-state index >= 15 is 0 Å². The van der Waals surface area contributed by atoms with Crippen LogP contribution in [-0.4, -0.2) is 29.8 Å². The summed E-state index contributed by atoms with van der Waals surface area (Å²) in [6.45, 7) is 2.05. The van der Waals surface area contributed by atoms with Crippen LogP contribution >= 0.6 is 0 Å². The predicted molar refractivity (Wildman–Crippen MR) is 87.7 cm³/mol. The van der Waals surface area contributed by atoms with Crippen LogP contribution in [-0.2, 0) is 11.2 Å². The molecule has 0 aromatic heterocycles. The minimum atomic E-state index is -1.32. The molecule has 0 radical (unpaired) electrons. The Balaban J connectivity index is 2.19.